The second-order valence-electron chi connectivity index (χ2n) is 9.99. The van der Waals surface area contributed by atoms with Crippen molar-refractivity contribution in [2.75, 3.05) is 31.6 Å². The second-order valence-corrected chi connectivity index (χ2v) is 9.99. The Morgan fingerprint density at radius 2 is 1.83 bits per heavy atom. The van der Waals surface area contributed by atoms with Gasteiger partial charge in [-0.05, 0) is 48.8 Å². The van der Waals surface area contributed by atoms with Gasteiger partial charge in [-0.2, -0.15) is 0 Å². The molecule has 2 unspecified atom stereocenters. The van der Waals surface area contributed by atoms with Gasteiger partial charge in [0, 0.05) is 24.7 Å². The predicted octanol–water partition coefficient (Wildman–Crippen LogP) is 4.29. The maximum absolute atomic E-state index is 12.6. The standard InChI is InChI=1S/C25H36N2O3/c1-17(2)13-27(14-18(3)4)15-23(28)26-22-8-6-20(7-9-22)12-25-11-19(5)10-21(25)16-30-24(25)29/h6-9,17-18,21H,5,10-16H2,1-4H3,(H,26,28). The molecule has 1 saturated carbocycles. The molecule has 5 nitrogen and oxygen atoms in total. The zero-order valence-corrected chi connectivity index (χ0v) is 18.9. The van der Waals surface area contributed by atoms with Gasteiger partial charge in [-0.15, -0.1) is 0 Å². The van der Waals surface area contributed by atoms with Crippen LogP contribution in [0.3, 0.4) is 0 Å². The highest BCUT2D eigenvalue weighted by Gasteiger charge is 2.55. The van der Waals surface area contributed by atoms with Gasteiger partial charge in [0.25, 0.3) is 0 Å². The maximum atomic E-state index is 12.6. The summed E-state index contributed by atoms with van der Waals surface area (Å²) in [6.07, 6.45) is 2.26. The number of carbonyl (C=O) groups is 2. The zero-order valence-electron chi connectivity index (χ0n) is 18.9. The fourth-order valence-corrected chi connectivity index (χ4v) is 4.97. The normalized spacial score (nSPS) is 23.4. The second kappa shape index (κ2) is 9.34. The largest absolute Gasteiger partial charge is 0.465 e. The van der Waals surface area contributed by atoms with Crippen LogP contribution in [-0.2, 0) is 20.7 Å². The third-order valence-electron chi connectivity index (χ3n) is 6.08. The molecule has 164 valence electrons. The Morgan fingerprint density at radius 1 is 1.20 bits per heavy atom. The number of anilines is 1. The van der Waals surface area contributed by atoms with Crippen LogP contribution < -0.4 is 5.32 Å². The molecule has 5 heteroatoms. The van der Waals surface area contributed by atoms with Gasteiger partial charge in [0.05, 0.1) is 18.6 Å². The molecule has 1 amide bonds. The van der Waals surface area contributed by atoms with Crippen molar-refractivity contribution in [1.29, 1.82) is 0 Å². The lowest BCUT2D eigenvalue weighted by molar-refractivity contribution is -0.146. The van der Waals surface area contributed by atoms with Gasteiger partial charge in [-0.1, -0.05) is 52.0 Å². The van der Waals surface area contributed by atoms with E-state index in [2.05, 4.69) is 44.5 Å². The van der Waals surface area contributed by atoms with Crippen molar-refractivity contribution in [2.45, 2.75) is 47.0 Å². The van der Waals surface area contributed by atoms with Crippen molar-refractivity contribution in [3.8, 4) is 0 Å². The minimum Gasteiger partial charge on any atom is -0.465 e. The fraction of sp³-hybridized carbons (Fsp3) is 0.600. The Balaban J connectivity index is 1.59. The van der Waals surface area contributed by atoms with E-state index in [1.165, 1.54) is 0 Å². The number of carbonyl (C=O) groups excluding carboxylic acids is 2. The lowest BCUT2D eigenvalue weighted by Gasteiger charge is -2.25. The Bertz CT molecular complexity index is 774. The van der Waals surface area contributed by atoms with Gasteiger partial charge in [-0.3, -0.25) is 14.5 Å². The maximum Gasteiger partial charge on any atom is 0.313 e. The Hall–Kier alpha value is -2.14. The third-order valence-corrected chi connectivity index (χ3v) is 6.08. The van der Waals surface area contributed by atoms with E-state index in [9.17, 15) is 9.59 Å². The first kappa shape index (κ1) is 22.5. The van der Waals surface area contributed by atoms with Crippen molar-refractivity contribution in [3.05, 3.63) is 42.0 Å². The number of hydrogen-bond donors (Lipinski definition) is 1. The Kier molecular flexibility index (Phi) is 7.02. The summed E-state index contributed by atoms with van der Waals surface area (Å²) in [6.45, 7) is 15.5. The van der Waals surface area contributed by atoms with Gasteiger partial charge in [-0.25, -0.2) is 0 Å². The first-order valence-corrected chi connectivity index (χ1v) is 11.1. The van der Waals surface area contributed by atoms with Crippen LogP contribution >= 0.6 is 0 Å². The monoisotopic (exact) mass is 412 g/mol. The summed E-state index contributed by atoms with van der Waals surface area (Å²) in [5.41, 5.74) is 2.58. The molecule has 0 aromatic heterocycles. The smallest absolute Gasteiger partial charge is 0.313 e. The molecule has 1 saturated heterocycles. The van der Waals surface area contributed by atoms with Crippen molar-refractivity contribution < 1.29 is 14.3 Å². The summed E-state index contributed by atoms with van der Waals surface area (Å²) < 4.78 is 5.37. The first-order chi connectivity index (χ1) is 14.2. The number of cyclic esters (lactones) is 1. The number of ether oxygens (including phenoxy) is 1. The van der Waals surface area contributed by atoms with Crippen molar-refractivity contribution in [3.63, 3.8) is 0 Å². The van der Waals surface area contributed by atoms with Crippen LogP contribution in [0.25, 0.3) is 0 Å². The lowest BCUT2D eigenvalue weighted by Crippen LogP contribution is -2.38. The van der Waals surface area contributed by atoms with Crippen LogP contribution in [0.5, 0.6) is 0 Å². The highest BCUT2D eigenvalue weighted by atomic mass is 16.5. The number of nitrogens with zero attached hydrogens (tertiary/aromatic N) is 1. The van der Waals surface area contributed by atoms with Gasteiger partial charge in [0.15, 0.2) is 0 Å². The Morgan fingerprint density at radius 3 is 2.43 bits per heavy atom. The third kappa shape index (κ3) is 5.31. The average Bonchev–Trinajstić information content (AvgIpc) is 3.10. The number of fused-ring (bicyclic) bond motifs is 1. The van der Waals surface area contributed by atoms with E-state index in [1.54, 1.807) is 0 Å². The number of esters is 1. The van der Waals surface area contributed by atoms with Gasteiger partial charge < -0.3 is 10.1 Å². The lowest BCUT2D eigenvalue weighted by atomic mass is 9.75. The number of amides is 1. The number of nitrogens with one attached hydrogen (secondary N) is 1. The van der Waals surface area contributed by atoms with Gasteiger partial charge in [0.1, 0.15) is 0 Å². The van der Waals surface area contributed by atoms with Crippen molar-refractivity contribution in [2.24, 2.45) is 23.2 Å². The molecule has 3 rings (SSSR count). The SMILES string of the molecule is C=C1CC2COC(=O)C2(Cc2ccc(NC(=O)CN(CC(C)C)CC(C)C)cc2)C1. The minimum atomic E-state index is -0.448. The number of benzene rings is 1. The highest BCUT2D eigenvalue weighted by Crippen LogP contribution is 2.52. The molecule has 2 fully saturated rings. The van der Waals surface area contributed by atoms with E-state index in [0.717, 1.165) is 42.8 Å². The quantitative estimate of drug-likeness (QED) is 0.486. The van der Waals surface area contributed by atoms with Crippen LogP contribution in [0.2, 0.25) is 0 Å². The molecule has 1 heterocycles. The molecule has 1 aromatic carbocycles. The van der Waals surface area contributed by atoms with Gasteiger partial charge in [0.2, 0.25) is 5.91 Å². The minimum absolute atomic E-state index is 0.00849. The van der Waals surface area contributed by atoms with Crippen LogP contribution in [0, 0.1) is 23.2 Å². The molecule has 2 aliphatic rings. The van der Waals surface area contributed by atoms with E-state index in [0.29, 0.717) is 31.4 Å². The molecular weight excluding hydrogens is 376 g/mol. The topological polar surface area (TPSA) is 58.6 Å². The van der Waals surface area contributed by atoms with Gasteiger partial charge >= 0.3 is 5.97 Å². The molecule has 30 heavy (non-hydrogen) atoms. The Labute approximate surface area is 180 Å². The summed E-state index contributed by atoms with van der Waals surface area (Å²) >= 11 is 0. The first-order valence-electron chi connectivity index (χ1n) is 11.1. The summed E-state index contributed by atoms with van der Waals surface area (Å²) in [5.74, 6) is 1.21. The molecular formula is C25H36N2O3. The van der Waals surface area contributed by atoms with E-state index in [4.69, 9.17) is 4.74 Å². The van der Waals surface area contributed by atoms with Crippen LogP contribution in [0.4, 0.5) is 5.69 Å². The molecule has 0 radical (unpaired) electrons. The summed E-state index contributed by atoms with van der Waals surface area (Å²) in [7, 11) is 0. The summed E-state index contributed by atoms with van der Waals surface area (Å²) in [4.78, 5) is 27.2. The predicted molar refractivity (Wildman–Crippen MR) is 120 cm³/mol. The fourth-order valence-electron chi connectivity index (χ4n) is 4.97. The molecule has 0 bridgehead atoms. The van der Waals surface area contributed by atoms with Crippen LogP contribution in [0.15, 0.2) is 36.4 Å². The summed E-state index contributed by atoms with van der Waals surface area (Å²) in [5, 5.41) is 3.01. The summed E-state index contributed by atoms with van der Waals surface area (Å²) in [6, 6.07) is 7.87. The van der Waals surface area contributed by atoms with E-state index < -0.39 is 5.41 Å². The molecule has 1 aliphatic heterocycles. The van der Waals surface area contributed by atoms with Crippen molar-refractivity contribution >= 4 is 17.6 Å². The van der Waals surface area contributed by atoms with E-state index in [1.807, 2.05) is 24.3 Å². The van der Waals surface area contributed by atoms with Crippen LogP contribution in [-0.4, -0.2) is 43.0 Å². The van der Waals surface area contributed by atoms with Crippen molar-refractivity contribution in [1.82, 2.24) is 4.90 Å². The van der Waals surface area contributed by atoms with Crippen LogP contribution in [0.1, 0.15) is 46.1 Å². The molecule has 0 spiro atoms. The molecule has 2 atom stereocenters. The van der Waals surface area contributed by atoms with E-state index in [-0.39, 0.29) is 17.8 Å². The molecule has 1 aromatic rings. The average molecular weight is 413 g/mol. The number of hydrogen-bond acceptors (Lipinski definition) is 4. The number of rotatable bonds is 9. The van der Waals surface area contributed by atoms with E-state index >= 15 is 0 Å². The molecule has 1 aliphatic carbocycles. The molecule has 1 N–H and O–H groups in total. The highest BCUT2D eigenvalue weighted by molar-refractivity contribution is 5.92. The number of allylic oxidation sites excluding steroid dienone is 1. The zero-order chi connectivity index (χ0) is 21.9.